The number of benzene rings is 3. The lowest BCUT2D eigenvalue weighted by Gasteiger charge is -2.36. The maximum Gasteiger partial charge on any atom is 0.145 e. The predicted octanol–water partition coefficient (Wildman–Crippen LogP) is 4.23. The van der Waals surface area contributed by atoms with Crippen LogP contribution < -0.4 is 0 Å². The van der Waals surface area contributed by atoms with E-state index in [-0.39, 0.29) is 6.61 Å². The van der Waals surface area contributed by atoms with Crippen molar-refractivity contribution in [2.45, 2.75) is 5.60 Å². The van der Waals surface area contributed by atoms with Crippen molar-refractivity contribution in [3.63, 3.8) is 0 Å². The van der Waals surface area contributed by atoms with Gasteiger partial charge in [0.25, 0.3) is 0 Å². The van der Waals surface area contributed by atoms with Crippen LogP contribution in [0.1, 0.15) is 16.7 Å². The van der Waals surface area contributed by atoms with E-state index in [0.717, 1.165) is 23.0 Å². The maximum atomic E-state index is 10.3. The molecular formula is C25H26O4. The number of carbonyl (C=O) groups is 1. The second-order valence-electron chi connectivity index (χ2n) is 6.48. The number of aldehydes is 1. The average Bonchev–Trinajstić information content (AvgIpc) is 2.80. The molecule has 0 N–H and O–H groups in total. The van der Waals surface area contributed by atoms with Crippen molar-refractivity contribution in [2.24, 2.45) is 0 Å². The van der Waals surface area contributed by atoms with Gasteiger partial charge in [0.2, 0.25) is 0 Å². The number of hydrogen-bond acceptors (Lipinski definition) is 4. The Labute approximate surface area is 172 Å². The summed E-state index contributed by atoms with van der Waals surface area (Å²) in [7, 11) is 0. The quantitative estimate of drug-likeness (QED) is 0.264. The number of ether oxygens (including phenoxy) is 3. The number of carbonyl (C=O) groups excluding carboxylic acids is 1. The first-order valence-electron chi connectivity index (χ1n) is 9.77. The minimum Gasteiger partial charge on any atom is -0.377 e. The standard InChI is InChI=1S/C25H26O4/c26-16-17-27-18-19-28-20-21-29-25(22-10-4-1-5-11-22,23-12-6-2-7-13-23)24-14-8-3-9-15-24/h1-16H,17-21H2. The molecule has 0 saturated carbocycles. The summed E-state index contributed by atoms with van der Waals surface area (Å²) >= 11 is 0. The highest BCUT2D eigenvalue weighted by Gasteiger charge is 2.37. The van der Waals surface area contributed by atoms with Crippen LogP contribution in [0.3, 0.4) is 0 Å². The molecule has 3 rings (SSSR count). The first-order chi connectivity index (χ1) is 14.4. The van der Waals surface area contributed by atoms with Crippen LogP contribution in [0.25, 0.3) is 0 Å². The fraction of sp³-hybridized carbons (Fsp3) is 0.240. The van der Waals surface area contributed by atoms with Crippen LogP contribution in [0.2, 0.25) is 0 Å². The SMILES string of the molecule is O=CCOCCOCCOC(c1ccccc1)(c1ccccc1)c1ccccc1. The Morgan fingerprint density at radius 3 is 1.45 bits per heavy atom. The Morgan fingerprint density at radius 1 is 0.586 bits per heavy atom. The molecule has 0 heterocycles. The molecule has 3 aromatic carbocycles. The second-order valence-corrected chi connectivity index (χ2v) is 6.48. The lowest BCUT2D eigenvalue weighted by atomic mass is 9.80. The van der Waals surface area contributed by atoms with Crippen molar-refractivity contribution in [3.8, 4) is 0 Å². The fourth-order valence-corrected chi connectivity index (χ4v) is 3.37. The van der Waals surface area contributed by atoms with Crippen LogP contribution in [0.4, 0.5) is 0 Å². The van der Waals surface area contributed by atoms with Crippen LogP contribution in [-0.2, 0) is 24.6 Å². The maximum absolute atomic E-state index is 10.3. The van der Waals surface area contributed by atoms with E-state index in [1.54, 1.807) is 0 Å². The monoisotopic (exact) mass is 390 g/mol. The van der Waals surface area contributed by atoms with Crippen molar-refractivity contribution in [3.05, 3.63) is 108 Å². The molecule has 150 valence electrons. The van der Waals surface area contributed by atoms with Gasteiger partial charge in [0, 0.05) is 0 Å². The van der Waals surface area contributed by atoms with Gasteiger partial charge in [0.15, 0.2) is 0 Å². The molecule has 0 aliphatic carbocycles. The third-order valence-corrected chi connectivity index (χ3v) is 4.65. The van der Waals surface area contributed by atoms with Gasteiger partial charge < -0.3 is 19.0 Å². The van der Waals surface area contributed by atoms with Crippen molar-refractivity contribution >= 4 is 6.29 Å². The molecule has 0 saturated heterocycles. The molecule has 0 fully saturated rings. The molecule has 3 aromatic rings. The zero-order chi connectivity index (χ0) is 20.2. The Balaban J connectivity index is 1.84. The minimum absolute atomic E-state index is 0.0962. The summed E-state index contributed by atoms with van der Waals surface area (Å²) in [5, 5.41) is 0. The highest BCUT2D eigenvalue weighted by atomic mass is 16.6. The van der Waals surface area contributed by atoms with Crippen LogP contribution in [0.5, 0.6) is 0 Å². The Morgan fingerprint density at radius 2 is 1.00 bits per heavy atom. The van der Waals surface area contributed by atoms with E-state index in [4.69, 9.17) is 14.2 Å². The van der Waals surface area contributed by atoms with Crippen molar-refractivity contribution in [1.82, 2.24) is 0 Å². The lowest BCUT2D eigenvalue weighted by Crippen LogP contribution is -2.34. The van der Waals surface area contributed by atoms with E-state index in [1.165, 1.54) is 0 Å². The first kappa shape index (κ1) is 20.9. The zero-order valence-electron chi connectivity index (χ0n) is 16.4. The summed E-state index contributed by atoms with van der Waals surface area (Å²) < 4.78 is 17.3. The van der Waals surface area contributed by atoms with E-state index in [2.05, 4.69) is 36.4 Å². The molecule has 0 aliphatic rings. The molecular weight excluding hydrogens is 364 g/mol. The highest BCUT2D eigenvalue weighted by molar-refractivity contribution is 5.50. The molecule has 0 aromatic heterocycles. The van der Waals surface area contributed by atoms with Crippen LogP contribution in [0, 0.1) is 0 Å². The molecule has 0 atom stereocenters. The minimum atomic E-state index is -0.735. The van der Waals surface area contributed by atoms with E-state index in [0.29, 0.717) is 26.4 Å². The topological polar surface area (TPSA) is 44.8 Å². The lowest BCUT2D eigenvalue weighted by molar-refractivity contribution is -0.112. The normalized spacial score (nSPS) is 11.3. The molecule has 4 heteroatoms. The van der Waals surface area contributed by atoms with E-state index < -0.39 is 5.60 Å². The van der Waals surface area contributed by atoms with Gasteiger partial charge in [-0.15, -0.1) is 0 Å². The fourth-order valence-electron chi connectivity index (χ4n) is 3.37. The van der Waals surface area contributed by atoms with E-state index >= 15 is 0 Å². The summed E-state index contributed by atoms with van der Waals surface area (Å²) in [6.07, 6.45) is 0.733. The van der Waals surface area contributed by atoms with Crippen molar-refractivity contribution < 1.29 is 19.0 Å². The van der Waals surface area contributed by atoms with Crippen LogP contribution in [-0.4, -0.2) is 39.3 Å². The van der Waals surface area contributed by atoms with Crippen molar-refractivity contribution in [2.75, 3.05) is 33.0 Å². The molecule has 4 nitrogen and oxygen atoms in total. The summed E-state index contributed by atoms with van der Waals surface area (Å²) in [6, 6.07) is 30.7. The molecule has 29 heavy (non-hydrogen) atoms. The smallest absolute Gasteiger partial charge is 0.145 e. The summed E-state index contributed by atoms with van der Waals surface area (Å²) in [5.74, 6) is 0. The Hall–Kier alpha value is -2.79. The largest absolute Gasteiger partial charge is 0.377 e. The van der Waals surface area contributed by atoms with Crippen LogP contribution >= 0.6 is 0 Å². The second kappa shape index (κ2) is 11.3. The molecule has 0 unspecified atom stereocenters. The summed E-state index contributed by atoms with van der Waals surface area (Å²) in [4.78, 5) is 10.3. The number of hydrogen-bond donors (Lipinski definition) is 0. The third-order valence-electron chi connectivity index (χ3n) is 4.65. The first-order valence-corrected chi connectivity index (χ1v) is 9.77. The van der Waals surface area contributed by atoms with Gasteiger partial charge >= 0.3 is 0 Å². The van der Waals surface area contributed by atoms with Crippen LogP contribution in [0.15, 0.2) is 91.0 Å². The zero-order valence-corrected chi connectivity index (χ0v) is 16.4. The average molecular weight is 390 g/mol. The van der Waals surface area contributed by atoms with Gasteiger partial charge in [-0.25, -0.2) is 0 Å². The number of rotatable bonds is 12. The van der Waals surface area contributed by atoms with Gasteiger partial charge in [-0.3, -0.25) is 0 Å². The van der Waals surface area contributed by atoms with Crippen molar-refractivity contribution in [1.29, 1.82) is 0 Å². The van der Waals surface area contributed by atoms with Gasteiger partial charge in [-0.05, 0) is 16.7 Å². The molecule has 0 aliphatic heterocycles. The van der Waals surface area contributed by atoms with E-state index in [1.807, 2.05) is 54.6 Å². The van der Waals surface area contributed by atoms with Gasteiger partial charge in [0.1, 0.15) is 18.5 Å². The predicted molar refractivity (Wildman–Crippen MR) is 113 cm³/mol. The van der Waals surface area contributed by atoms with Gasteiger partial charge in [0.05, 0.1) is 26.4 Å². The van der Waals surface area contributed by atoms with E-state index in [9.17, 15) is 4.79 Å². The molecule has 0 spiro atoms. The molecule has 0 radical (unpaired) electrons. The molecule has 0 bridgehead atoms. The highest BCUT2D eigenvalue weighted by Crippen LogP contribution is 2.40. The summed E-state index contributed by atoms with van der Waals surface area (Å²) in [6.45, 7) is 1.75. The summed E-state index contributed by atoms with van der Waals surface area (Å²) in [5.41, 5.74) is 2.45. The van der Waals surface area contributed by atoms with Gasteiger partial charge in [-0.1, -0.05) is 91.0 Å². The van der Waals surface area contributed by atoms with Gasteiger partial charge in [-0.2, -0.15) is 0 Å². The third kappa shape index (κ3) is 5.39. The Bertz CT molecular complexity index is 738. The molecule has 0 amide bonds. The Kier molecular flexibility index (Phi) is 8.13.